The Balaban J connectivity index is 2.81. The van der Waals surface area contributed by atoms with Crippen molar-refractivity contribution in [2.24, 2.45) is 5.84 Å². The van der Waals surface area contributed by atoms with E-state index in [1.54, 1.807) is 0 Å². The first-order valence-electron chi connectivity index (χ1n) is 5.40. The summed E-state index contributed by atoms with van der Waals surface area (Å²) in [6, 6.07) is 7.96. The van der Waals surface area contributed by atoms with E-state index >= 15 is 0 Å². The Bertz CT molecular complexity index is 379. The summed E-state index contributed by atoms with van der Waals surface area (Å²) in [4.78, 5) is 0. The maximum absolute atomic E-state index is 5.51. The molecule has 0 spiro atoms. The summed E-state index contributed by atoms with van der Waals surface area (Å²) in [7, 11) is 0. The highest BCUT2D eigenvalue weighted by Crippen LogP contribution is 2.20. The molecular weight excluding hydrogens is 200 g/mol. The second-order valence-corrected chi connectivity index (χ2v) is 3.36. The third-order valence-electron chi connectivity index (χ3n) is 2.26. The lowest BCUT2D eigenvalue weighted by atomic mass is 10.0. The standard InChI is InChI=1S/C13H18N2O/c1-3-5-9-13(15-14)11-7-6-8-12(10-11)16-4-2/h6-8,10,13,15H,4,9,14H2,1-2H3. The van der Waals surface area contributed by atoms with Crippen LogP contribution in [0.3, 0.4) is 0 Å². The van der Waals surface area contributed by atoms with E-state index in [0.29, 0.717) is 13.0 Å². The molecule has 1 aromatic carbocycles. The predicted molar refractivity (Wildman–Crippen MR) is 65.7 cm³/mol. The van der Waals surface area contributed by atoms with Crippen LogP contribution in [0.2, 0.25) is 0 Å². The van der Waals surface area contributed by atoms with Gasteiger partial charge >= 0.3 is 0 Å². The zero-order chi connectivity index (χ0) is 11.8. The minimum Gasteiger partial charge on any atom is -0.494 e. The summed E-state index contributed by atoms with van der Waals surface area (Å²) < 4.78 is 5.44. The van der Waals surface area contributed by atoms with Crippen LogP contribution < -0.4 is 16.0 Å². The van der Waals surface area contributed by atoms with Crippen molar-refractivity contribution in [1.29, 1.82) is 0 Å². The van der Waals surface area contributed by atoms with Crippen molar-refractivity contribution in [3.63, 3.8) is 0 Å². The quantitative estimate of drug-likeness (QED) is 0.451. The van der Waals surface area contributed by atoms with Gasteiger partial charge < -0.3 is 4.74 Å². The topological polar surface area (TPSA) is 47.3 Å². The van der Waals surface area contributed by atoms with Crippen LogP contribution in [-0.4, -0.2) is 6.61 Å². The van der Waals surface area contributed by atoms with Gasteiger partial charge in [0.2, 0.25) is 0 Å². The van der Waals surface area contributed by atoms with Crippen molar-refractivity contribution in [3.8, 4) is 17.6 Å². The normalized spacial score (nSPS) is 11.4. The lowest BCUT2D eigenvalue weighted by Crippen LogP contribution is -2.27. The van der Waals surface area contributed by atoms with E-state index in [1.807, 2.05) is 38.1 Å². The number of nitrogens with one attached hydrogen (secondary N) is 1. The molecule has 16 heavy (non-hydrogen) atoms. The van der Waals surface area contributed by atoms with Crippen LogP contribution in [-0.2, 0) is 0 Å². The van der Waals surface area contributed by atoms with Gasteiger partial charge in [-0.05, 0) is 31.5 Å². The summed E-state index contributed by atoms with van der Waals surface area (Å²) in [6.07, 6.45) is 0.697. The first-order chi connectivity index (χ1) is 7.81. The Morgan fingerprint density at radius 2 is 2.31 bits per heavy atom. The van der Waals surface area contributed by atoms with Crippen LogP contribution in [0.5, 0.6) is 5.75 Å². The van der Waals surface area contributed by atoms with Crippen molar-refractivity contribution in [3.05, 3.63) is 29.8 Å². The molecule has 1 aromatic rings. The largest absolute Gasteiger partial charge is 0.494 e. The van der Waals surface area contributed by atoms with E-state index in [4.69, 9.17) is 10.6 Å². The SMILES string of the molecule is CC#CCC(NN)c1cccc(OCC)c1. The van der Waals surface area contributed by atoms with E-state index in [0.717, 1.165) is 11.3 Å². The number of hydrazine groups is 1. The number of hydrogen-bond donors (Lipinski definition) is 2. The Kier molecular flexibility index (Phi) is 5.41. The van der Waals surface area contributed by atoms with Gasteiger partial charge in [0.1, 0.15) is 5.75 Å². The second-order valence-electron chi connectivity index (χ2n) is 3.36. The molecule has 3 N–H and O–H groups in total. The average Bonchev–Trinajstić information content (AvgIpc) is 2.31. The lowest BCUT2D eigenvalue weighted by molar-refractivity contribution is 0.339. The highest BCUT2D eigenvalue weighted by molar-refractivity contribution is 5.31. The molecule has 0 radical (unpaired) electrons. The van der Waals surface area contributed by atoms with Gasteiger partial charge in [-0.1, -0.05) is 12.1 Å². The van der Waals surface area contributed by atoms with Gasteiger partial charge in [-0.25, -0.2) is 0 Å². The van der Waals surface area contributed by atoms with Crippen LogP contribution in [0.1, 0.15) is 31.9 Å². The maximum atomic E-state index is 5.51. The van der Waals surface area contributed by atoms with Gasteiger partial charge in [0, 0.05) is 6.42 Å². The third-order valence-corrected chi connectivity index (χ3v) is 2.26. The van der Waals surface area contributed by atoms with Crippen molar-refractivity contribution in [2.45, 2.75) is 26.3 Å². The molecule has 0 saturated heterocycles. The van der Waals surface area contributed by atoms with Crippen molar-refractivity contribution in [1.82, 2.24) is 5.43 Å². The molecule has 0 heterocycles. The zero-order valence-corrected chi connectivity index (χ0v) is 9.79. The van der Waals surface area contributed by atoms with E-state index in [9.17, 15) is 0 Å². The number of rotatable bonds is 5. The number of hydrogen-bond acceptors (Lipinski definition) is 3. The lowest BCUT2D eigenvalue weighted by Gasteiger charge is -2.14. The van der Waals surface area contributed by atoms with Gasteiger partial charge in [0.15, 0.2) is 0 Å². The average molecular weight is 218 g/mol. The minimum atomic E-state index is 0.0489. The van der Waals surface area contributed by atoms with Crippen molar-refractivity contribution < 1.29 is 4.74 Å². The van der Waals surface area contributed by atoms with Crippen LogP contribution >= 0.6 is 0 Å². The minimum absolute atomic E-state index is 0.0489. The molecule has 0 bridgehead atoms. The molecular formula is C13H18N2O. The number of benzene rings is 1. The van der Waals surface area contributed by atoms with Crippen LogP contribution in [0.15, 0.2) is 24.3 Å². The van der Waals surface area contributed by atoms with Gasteiger partial charge in [0.25, 0.3) is 0 Å². The van der Waals surface area contributed by atoms with E-state index in [-0.39, 0.29) is 6.04 Å². The van der Waals surface area contributed by atoms with Crippen LogP contribution in [0.4, 0.5) is 0 Å². The maximum Gasteiger partial charge on any atom is 0.119 e. The van der Waals surface area contributed by atoms with Crippen molar-refractivity contribution in [2.75, 3.05) is 6.61 Å². The van der Waals surface area contributed by atoms with E-state index in [1.165, 1.54) is 0 Å². The summed E-state index contributed by atoms with van der Waals surface area (Å²) in [5.74, 6) is 12.3. The molecule has 0 saturated carbocycles. The third kappa shape index (κ3) is 3.58. The molecule has 0 fully saturated rings. The molecule has 3 nitrogen and oxygen atoms in total. The Morgan fingerprint density at radius 1 is 1.50 bits per heavy atom. The van der Waals surface area contributed by atoms with E-state index in [2.05, 4.69) is 17.3 Å². The molecule has 0 aliphatic heterocycles. The predicted octanol–water partition coefficient (Wildman–Crippen LogP) is 2.00. The van der Waals surface area contributed by atoms with Gasteiger partial charge in [-0.2, -0.15) is 0 Å². The first kappa shape index (κ1) is 12.6. The van der Waals surface area contributed by atoms with Gasteiger partial charge in [-0.15, -0.1) is 11.8 Å². The number of ether oxygens (including phenoxy) is 1. The highest BCUT2D eigenvalue weighted by Gasteiger charge is 2.08. The molecule has 0 aliphatic rings. The van der Waals surface area contributed by atoms with Crippen molar-refractivity contribution >= 4 is 0 Å². The Morgan fingerprint density at radius 3 is 2.94 bits per heavy atom. The molecule has 86 valence electrons. The monoisotopic (exact) mass is 218 g/mol. The second kappa shape index (κ2) is 6.89. The molecule has 0 aromatic heterocycles. The van der Waals surface area contributed by atoms with E-state index < -0.39 is 0 Å². The highest BCUT2D eigenvalue weighted by atomic mass is 16.5. The molecule has 1 rings (SSSR count). The Hall–Kier alpha value is -1.50. The fraction of sp³-hybridized carbons (Fsp3) is 0.385. The molecule has 3 heteroatoms. The van der Waals surface area contributed by atoms with Gasteiger partial charge in [0.05, 0.1) is 12.6 Å². The summed E-state index contributed by atoms with van der Waals surface area (Å²) in [6.45, 7) is 4.46. The Labute approximate surface area is 97.0 Å². The van der Waals surface area contributed by atoms with Crippen LogP contribution in [0, 0.1) is 11.8 Å². The first-order valence-corrected chi connectivity index (χ1v) is 5.40. The summed E-state index contributed by atoms with van der Waals surface area (Å²) in [5.41, 5.74) is 3.86. The molecule has 0 aliphatic carbocycles. The zero-order valence-electron chi connectivity index (χ0n) is 9.79. The molecule has 1 unspecified atom stereocenters. The number of nitrogens with two attached hydrogens (primary N) is 1. The summed E-state index contributed by atoms with van der Waals surface area (Å²) >= 11 is 0. The van der Waals surface area contributed by atoms with Crippen LogP contribution in [0.25, 0.3) is 0 Å². The molecule has 0 amide bonds. The fourth-order valence-electron chi connectivity index (χ4n) is 1.46. The smallest absolute Gasteiger partial charge is 0.119 e. The molecule has 1 atom stereocenters. The van der Waals surface area contributed by atoms with Gasteiger partial charge in [-0.3, -0.25) is 11.3 Å². The fourth-order valence-corrected chi connectivity index (χ4v) is 1.46. The summed E-state index contributed by atoms with van der Waals surface area (Å²) in [5, 5.41) is 0.